The maximum atomic E-state index is 15.0. The van der Waals surface area contributed by atoms with E-state index in [1.54, 1.807) is 11.3 Å². The van der Waals surface area contributed by atoms with Gasteiger partial charge in [0.1, 0.15) is 11.6 Å². The Morgan fingerprint density at radius 1 is 1.00 bits per heavy atom. The van der Waals surface area contributed by atoms with Crippen LogP contribution in [0.3, 0.4) is 0 Å². The zero-order chi connectivity index (χ0) is 16.5. The van der Waals surface area contributed by atoms with Crippen LogP contribution in [-0.4, -0.2) is 6.61 Å². The smallest absolute Gasteiger partial charge is 0.140 e. The molecule has 0 saturated heterocycles. The van der Waals surface area contributed by atoms with Crippen molar-refractivity contribution < 1.29 is 9.13 Å². The topological polar surface area (TPSA) is 9.23 Å². The standard InChI is InChI=1S/C21H17FOS/c1-2-12-23-17-13-16(22)19(14-8-4-3-5-9-14)20-15-10-6-7-11-18(15)24-21(17)20/h3-11,13H,2,12H2,1H3. The van der Waals surface area contributed by atoms with Gasteiger partial charge in [-0.3, -0.25) is 0 Å². The van der Waals surface area contributed by atoms with E-state index in [4.69, 9.17) is 4.74 Å². The maximum absolute atomic E-state index is 15.0. The second kappa shape index (κ2) is 6.25. The van der Waals surface area contributed by atoms with Gasteiger partial charge in [0.05, 0.1) is 11.3 Å². The summed E-state index contributed by atoms with van der Waals surface area (Å²) in [4.78, 5) is 0. The van der Waals surface area contributed by atoms with E-state index in [2.05, 4.69) is 19.1 Å². The Hall–Kier alpha value is -2.39. The second-order valence-electron chi connectivity index (χ2n) is 5.75. The lowest BCUT2D eigenvalue weighted by Gasteiger charge is -2.11. The normalized spacial score (nSPS) is 11.2. The third-order valence-corrected chi connectivity index (χ3v) is 5.28. The fraction of sp³-hybridized carbons (Fsp3) is 0.143. The van der Waals surface area contributed by atoms with E-state index in [0.29, 0.717) is 17.9 Å². The summed E-state index contributed by atoms with van der Waals surface area (Å²) in [6, 6.07) is 19.4. The molecular formula is C21H17FOS. The lowest BCUT2D eigenvalue weighted by Crippen LogP contribution is -1.97. The molecular weight excluding hydrogens is 319 g/mol. The van der Waals surface area contributed by atoms with Crippen molar-refractivity contribution >= 4 is 31.5 Å². The zero-order valence-corrected chi connectivity index (χ0v) is 14.2. The first-order valence-electron chi connectivity index (χ1n) is 8.11. The molecule has 0 saturated carbocycles. The van der Waals surface area contributed by atoms with Gasteiger partial charge in [0.25, 0.3) is 0 Å². The fourth-order valence-corrected chi connectivity index (χ4v) is 4.22. The highest BCUT2D eigenvalue weighted by atomic mass is 32.1. The Labute approximate surface area is 144 Å². The maximum Gasteiger partial charge on any atom is 0.140 e. The number of benzene rings is 3. The van der Waals surface area contributed by atoms with E-state index < -0.39 is 0 Å². The predicted octanol–water partition coefficient (Wildman–Crippen LogP) is 6.65. The molecule has 1 heterocycles. The Morgan fingerprint density at radius 2 is 1.75 bits per heavy atom. The summed E-state index contributed by atoms with van der Waals surface area (Å²) in [5.41, 5.74) is 1.55. The molecule has 0 atom stereocenters. The largest absolute Gasteiger partial charge is 0.492 e. The van der Waals surface area contributed by atoms with Crippen molar-refractivity contribution in [2.24, 2.45) is 0 Å². The molecule has 24 heavy (non-hydrogen) atoms. The van der Waals surface area contributed by atoms with Gasteiger partial charge >= 0.3 is 0 Å². The van der Waals surface area contributed by atoms with E-state index in [-0.39, 0.29) is 5.82 Å². The number of hydrogen-bond donors (Lipinski definition) is 0. The van der Waals surface area contributed by atoms with Gasteiger partial charge in [-0.25, -0.2) is 4.39 Å². The van der Waals surface area contributed by atoms with E-state index in [1.807, 2.05) is 42.5 Å². The first kappa shape index (κ1) is 15.2. The van der Waals surface area contributed by atoms with Crippen LogP contribution in [0.2, 0.25) is 0 Å². The summed E-state index contributed by atoms with van der Waals surface area (Å²) in [5, 5.41) is 2.03. The molecule has 0 spiro atoms. The van der Waals surface area contributed by atoms with Crippen LogP contribution < -0.4 is 4.74 Å². The molecule has 3 aromatic carbocycles. The van der Waals surface area contributed by atoms with Crippen LogP contribution in [0, 0.1) is 5.82 Å². The molecule has 0 fully saturated rings. The Bertz CT molecular complexity index is 1000. The predicted molar refractivity (Wildman–Crippen MR) is 101 cm³/mol. The van der Waals surface area contributed by atoms with Crippen LogP contribution in [0.25, 0.3) is 31.3 Å². The minimum Gasteiger partial charge on any atom is -0.492 e. The second-order valence-corrected chi connectivity index (χ2v) is 6.80. The van der Waals surface area contributed by atoms with Gasteiger partial charge in [0.15, 0.2) is 0 Å². The van der Waals surface area contributed by atoms with Gasteiger partial charge in [-0.05, 0) is 18.1 Å². The lowest BCUT2D eigenvalue weighted by atomic mass is 9.98. The summed E-state index contributed by atoms with van der Waals surface area (Å²) < 4.78 is 23.0. The van der Waals surface area contributed by atoms with Crippen molar-refractivity contribution in [3.63, 3.8) is 0 Å². The molecule has 0 unspecified atom stereocenters. The summed E-state index contributed by atoms with van der Waals surface area (Å²) in [7, 11) is 0. The molecule has 0 N–H and O–H groups in total. The van der Waals surface area contributed by atoms with E-state index in [1.165, 1.54) is 6.07 Å². The Balaban J connectivity index is 2.10. The zero-order valence-electron chi connectivity index (χ0n) is 13.4. The number of hydrogen-bond acceptors (Lipinski definition) is 2. The minimum atomic E-state index is -0.233. The third-order valence-electron chi connectivity index (χ3n) is 4.09. The van der Waals surface area contributed by atoms with Crippen molar-refractivity contribution in [2.45, 2.75) is 13.3 Å². The average molecular weight is 336 g/mol. The molecule has 0 radical (unpaired) electrons. The van der Waals surface area contributed by atoms with Crippen molar-refractivity contribution in [3.05, 3.63) is 66.5 Å². The lowest BCUT2D eigenvalue weighted by molar-refractivity contribution is 0.320. The van der Waals surface area contributed by atoms with Crippen molar-refractivity contribution in [2.75, 3.05) is 6.61 Å². The van der Waals surface area contributed by atoms with Crippen LogP contribution >= 0.6 is 11.3 Å². The molecule has 3 heteroatoms. The van der Waals surface area contributed by atoms with Gasteiger partial charge in [0.2, 0.25) is 0 Å². The summed E-state index contributed by atoms with van der Waals surface area (Å²) in [6.45, 7) is 2.64. The van der Waals surface area contributed by atoms with Crippen LogP contribution in [0.4, 0.5) is 4.39 Å². The van der Waals surface area contributed by atoms with Gasteiger partial charge in [0, 0.05) is 27.1 Å². The van der Waals surface area contributed by atoms with Crippen molar-refractivity contribution in [1.29, 1.82) is 0 Å². The highest BCUT2D eigenvalue weighted by Crippen LogP contribution is 2.45. The highest BCUT2D eigenvalue weighted by molar-refractivity contribution is 7.26. The molecule has 0 aliphatic carbocycles. The fourth-order valence-electron chi connectivity index (χ4n) is 3.05. The molecule has 0 aliphatic rings. The molecule has 0 amide bonds. The number of halogens is 1. The quantitative estimate of drug-likeness (QED) is 0.405. The van der Waals surface area contributed by atoms with Gasteiger partial charge in [-0.2, -0.15) is 0 Å². The van der Waals surface area contributed by atoms with Crippen molar-refractivity contribution in [1.82, 2.24) is 0 Å². The summed E-state index contributed by atoms with van der Waals surface area (Å²) in [5.74, 6) is 0.411. The number of ether oxygens (including phenoxy) is 1. The number of rotatable bonds is 4. The van der Waals surface area contributed by atoms with Crippen LogP contribution in [-0.2, 0) is 0 Å². The third kappa shape index (κ3) is 2.45. The first-order chi connectivity index (χ1) is 11.8. The van der Waals surface area contributed by atoms with Gasteiger partial charge < -0.3 is 4.74 Å². The molecule has 1 nitrogen and oxygen atoms in total. The van der Waals surface area contributed by atoms with E-state index in [0.717, 1.165) is 32.2 Å². The molecule has 1 aromatic heterocycles. The molecule has 0 aliphatic heterocycles. The number of fused-ring (bicyclic) bond motifs is 3. The first-order valence-corrected chi connectivity index (χ1v) is 8.93. The molecule has 4 aromatic rings. The van der Waals surface area contributed by atoms with Crippen molar-refractivity contribution in [3.8, 4) is 16.9 Å². The van der Waals surface area contributed by atoms with Crippen LogP contribution in [0.1, 0.15) is 13.3 Å². The minimum absolute atomic E-state index is 0.233. The van der Waals surface area contributed by atoms with Crippen LogP contribution in [0.5, 0.6) is 5.75 Å². The van der Waals surface area contributed by atoms with E-state index >= 15 is 4.39 Å². The monoisotopic (exact) mass is 336 g/mol. The number of thiophene rings is 1. The molecule has 4 rings (SSSR count). The van der Waals surface area contributed by atoms with Gasteiger partial charge in [-0.1, -0.05) is 55.5 Å². The Morgan fingerprint density at radius 3 is 2.54 bits per heavy atom. The average Bonchev–Trinajstić information content (AvgIpc) is 3.00. The summed E-state index contributed by atoms with van der Waals surface area (Å²) in [6.07, 6.45) is 0.897. The Kier molecular flexibility index (Phi) is 3.95. The van der Waals surface area contributed by atoms with E-state index in [9.17, 15) is 0 Å². The molecule has 120 valence electrons. The summed E-state index contributed by atoms with van der Waals surface area (Å²) >= 11 is 1.66. The molecule has 0 bridgehead atoms. The SMILES string of the molecule is CCCOc1cc(F)c(-c2ccccc2)c2c1sc1ccccc12. The highest BCUT2D eigenvalue weighted by Gasteiger charge is 2.19. The van der Waals surface area contributed by atoms with Crippen LogP contribution in [0.15, 0.2) is 60.7 Å². The van der Waals surface area contributed by atoms with Gasteiger partial charge in [-0.15, -0.1) is 11.3 Å².